The predicted octanol–water partition coefficient (Wildman–Crippen LogP) is 6.17. The molecule has 4 rings (SSSR count). The molecule has 6 nitrogen and oxygen atoms in total. The van der Waals surface area contributed by atoms with E-state index in [9.17, 15) is 4.79 Å². The van der Waals surface area contributed by atoms with Crippen molar-refractivity contribution in [3.63, 3.8) is 0 Å². The smallest absolute Gasteiger partial charge is 0.242 e. The minimum atomic E-state index is -0.618. The second kappa shape index (κ2) is 9.36. The largest absolute Gasteiger partial charge is 0.495 e. The molecule has 4 aromatic rings. The number of benzene rings is 2. The average molecular weight is 494 g/mol. The van der Waals surface area contributed by atoms with Gasteiger partial charge >= 0.3 is 0 Å². The van der Waals surface area contributed by atoms with E-state index in [4.69, 9.17) is 39.5 Å². The van der Waals surface area contributed by atoms with Gasteiger partial charge in [-0.05, 0) is 29.8 Å². The van der Waals surface area contributed by atoms with Crippen molar-refractivity contribution in [2.75, 3.05) is 12.4 Å². The first kappa shape index (κ1) is 21.8. The molecule has 0 aliphatic heterocycles. The Morgan fingerprint density at radius 3 is 2.55 bits per heavy atom. The van der Waals surface area contributed by atoms with Gasteiger partial charge in [0.1, 0.15) is 11.0 Å². The highest BCUT2D eigenvalue weighted by atomic mass is 35.5. The summed E-state index contributed by atoms with van der Waals surface area (Å²) in [6.45, 7) is 0. The molecule has 158 valence electrons. The number of carbonyl (C=O) groups excluding carboxylic acids is 1. The van der Waals surface area contributed by atoms with Gasteiger partial charge in [-0.2, -0.15) is 0 Å². The fourth-order valence-corrected chi connectivity index (χ4v) is 4.72. The van der Waals surface area contributed by atoms with Gasteiger partial charge in [0.15, 0.2) is 10.8 Å². The average Bonchev–Trinajstić information content (AvgIpc) is 3.15. The first-order valence-electron chi connectivity index (χ1n) is 9.02. The molecule has 10 heteroatoms. The molecule has 31 heavy (non-hydrogen) atoms. The second-order valence-corrected chi connectivity index (χ2v) is 8.75. The highest BCUT2D eigenvalue weighted by Crippen LogP contribution is 2.37. The predicted molar refractivity (Wildman–Crippen MR) is 125 cm³/mol. The van der Waals surface area contributed by atoms with Crippen LogP contribution in [0, 0.1) is 0 Å². The van der Waals surface area contributed by atoms with E-state index in [2.05, 4.69) is 15.5 Å². The molecular weight excluding hydrogens is 479 g/mol. The summed E-state index contributed by atoms with van der Waals surface area (Å²) >= 11 is 19.8. The highest BCUT2D eigenvalue weighted by molar-refractivity contribution is 8.00. The van der Waals surface area contributed by atoms with E-state index >= 15 is 0 Å². The maximum absolute atomic E-state index is 13.3. The molecule has 0 aliphatic carbocycles. The summed E-state index contributed by atoms with van der Waals surface area (Å²) in [4.78, 5) is 13.3. The Kier molecular flexibility index (Phi) is 6.57. The molecule has 0 aliphatic rings. The number of nitrogens with zero attached hydrogens (tertiary/aromatic N) is 3. The zero-order chi connectivity index (χ0) is 22.0. The number of methoxy groups -OCH3 is 1. The number of hydrogen-bond donors (Lipinski definition) is 1. The zero-order valence-corrected chi connectivity index (χ0v) is 19.1. The van der Waals surface area contributed by atoms with Crippen LogP contribution in [0.5, 0.6) is 5.75 Å². The topological polar surface area (TPSA) is 68.5 Å². The van der Waals surface area contributed by atoms with E-state index in [0.717, 1.165) is 5.56 Å². The number of thioether (sulfide) groups is 1. The monoisotopic (exact) mass is 492 g/mol. The van der Waals surface area contributed by atoms with Crippen molar-refractivity contribution in [3.8, 4) is 5.75 Å². The van der Waals surface area contributed by atoms with Crippen molar-refractivity contribution in [3.05, 3.63) is 81.4 Å². The number of pyridine rings is 1. The third-order valence-electron chi connectivity index (χ3n) is 4.38. The summed E-state index contributed by atoms with van der Waals surface area (Å²) in [5.41, 5.74) is 1.81. The Morgan fingerprint density at radius 2 is 1.84 bits per heavy atom. The fraction of sp³-hybridized carbons (Fsp3) is 0.0952. The van der Waals surface area contributed by atoms with Gasteiger partial charge in [-0.25, -0.2) is 0 Å². The zero-order valence-electron chi connectivity index (χ0n) is 16.1. The first-order chi connectivity index (χ1) is 15.0. The lowest BCUT2D eigenvalue weighted by Gasteiger charge is -2.16. The third kappa shape index (κ3) is 4.75. The van der Waals surface area contributed by atoms with E-state index < -0.39 is 5.25 Å². The van der Waals surface area contributed by atoms with Crippen LogP contribution in [0.3, 0.4) is 0 Å². The summed E-state index contributed by atoms with van der Waals surface area (Å²) in [5, 5.41) is 12.3. The van der Waals surface area contributed by atoms with Crippen molar-refractivity contribution in [1.82, 2.24) is 14.6 Å². The van der Waals surface area contributed by atoms with Crippen LogP contribution in [0.4, 0.5) is 5.69 Å². The molecule has 0 saturated carbocycles. The van der Waals surface area contributed by atoms with Gasteiger partial charge in [-0.15, -0.1) is 10.2 Å². The van der Waals surface area contributed by atoms with Crippen LogP contribution < -0.4 is 10.1 Å². The molecule has 0 saturated heterocycles. The SMILES string of the molecule is COc1ccc(NC(=O)C(Sc2nnc3c(Cl)cc(Cl)cn23)c2ccccc2)cc1Cl. The minimum Gasteiger partial charge on any atom is -0.495 e. The molecule has 2 aromatic heterocycles. The van der Waals surface area contributed by atoms with E-state index in [1.54, 1.807) is 34.9 Å². The molecule has 2 heterocycles. The Morgan fingerprint density at radius 1 is 1.06 bits per heavy atom. The number of rotatable bonds is 6. The third-order valence-corrected chi connectivity index (χ3v) is 6.37. The minimum absolute atomic E-state index is 0.248. The first-order valence-corrected chi connectivity index (χ1v) is 11.0. The van der Waals surface area contributed by atoms with Gasteiger partial charge < -0.3 is 10.1 Å². The number of halogens is 3. The Bertz CT molecular complexity index is 1250. The molecule has 0 radical (unpaired) electrons. The van der Waals surface area contributed by atoms with Gasteiger partial charge in [0, 0.05) is 11.9 Å². The molecular formula is C21H15Cl3N4O2S. The van der Waals surface area contributed by atoms with Gasteiger partial charge in [-0.3, -0.25) is 9.20 Å². The second-order valence-electron chi connectivity index (χ2n) is 6.43. The number of carbonyl (C=O) groups is 1. The molecule has 1 unspecified atom stereocenters. The number of amides is 1. The Labute approximate surface area is 197 Å². The molecule has 1 atom stereocenters. The van der Waals surface area contributed by atoms with Crippen LogP contribution >= 0.6 is 46.6 Å². The van der Waals surface area contributed by atoms with Crippen LogP contribution in [0.2, 0.25) is 15.1 Å². The lowest BCUT2D eigenvalue weighted by molar-refractivity contribution is -0.115. The van der Waals surface area contributed by atoms with E-state index in [0.29, 0.717) is 37.3 Å². The normalized spacial score (nSPS) is 12.0. The van der Waals surface area contributed by atoms with Crippen molar-refractivity contribution >= 4 is 63.8 Å². The summed E-state index contributed by atoms with van der Waals surface area (Å²) in [6.07, 6.45) is 1.66. The number of aromatic nitrogens is 3. The van der Waals surface area contributed by atoms with Gasteiger partial charge in [0.2, 0.25) is 5.91 Å². The lowest BCUT2D eigenvalue weighted by atomic mass is 10.1. The standard InChI is InChI=1S/C21H15Cl3N4O2S/c1-30-17-8-7-14(10-15(17)23)25-20(29)18(12-5-3-2-4-6-12)31-21-27-26-19-16(24)9-13(22)11-28(19)21/h2-11,18H,1H3,(H,25,29). The van der Waals surface area contributed by atoms with Gasteiger partial charge in [0.05, 0.1) is 22.2 Å². The quantitative estimate of drug-likeness (QED) is 0.325. The Balaban J connectivity index is 1.67. The number of anilines is 1. The van der Waals surface area contributed by atoms with Crippen LogP contribution in [-0.4, -0.2) is 27.6 Å². The molecule has 0 bridgehead atoms. The van der Waals surface area contributed by atoms with E-state index in [1.807, 2.05) is 30.3 Å². The summed E-state index contributed by atoms with van der Waals surface area (Å²) in [6, 6.07) is 16.0. The lowest BCUT2D eigenvalue weighted by Crippen LogP contribution is -2.19. The van der Waals surface area contributed by atoms with Crippen molar-refractivity contribution in [2.24, 2.45) is 0 Å². The van der Waals surface area contributed by atoms with Crippen molar-refractivity contribution in [2.45, 2.75) is 10.4 Å². The van der Waals surface area contributed by atoms with Crippen molar-refractivity contribution in [1.29, 1.82) is 0 Å². The highest BCUT2D eigenvalue weighted by Gasteiger charge is 2.25. The molecule has 2 aromatic carbocycles. The summed E-state index contributed by atoms with van der Waals surface area (Å²) in [7, 11) is 1.53. The van der Waals surface area contributed by atoms with Gasteiger partial charge in [0.25, 0.3) is 0 Å². The number of nitrogens with one attached hydrogen (secondary N) is 1. The molecule has 0 spiro atoms. The summed E-state index contributed by atoms with van der Waals surface area (Å²) < 4.78 is 6.83. The van der Waals surface area contributed by atoms with Crippen LogP contribution in [-0.2, 0) is 4.79 Å². The fourth-order valence-electron chi connectivity index (χ4n) is 2.94. The molecule has 1 amide bonds. The maximum Gasteiger partial charge on any atom is 0.242 e. The Hall–Kier alpha value is -2.45. The summed E-state index contributed by atoms with van der Waals surface area (Å²) in [5.74, 6) is 0.277. The number of ether oxygens (including phenoxy) is 1. The maximum atomic E-state index is 13.3. The van der Waals surface area contributed by atoms with E-state index in [1.165, 1.54) is 18.9 Å². The van der Waals surface area contributed by atoms with Crippen molar-refractivity contribution < 1.29 is 9.53 Å². The van der Waals surface area contributed by atoms with E-state index in [-0.39, 0.29) is 5.91 Å². The molecule has 0 fully saturated rings. The molecule has 1 N–H and O–H groups in total. The number of hydrogen-bond acceptors (Lipinski definition) is 5. The van der Waals surface area contributed by atoms with Crippen LogP contribution in [0.15, 0.2) is 66.0 Å². The van der Waals surface area contributed by atoms with Gasteiger partial charge in [-0.1, -0.05) is 76.9 Å². The number of fused-ring (bicyclic) bond motifs is 1. The van der Waals surface area contributed by atoms with Crippen LogP contribution in [0.25, 0.3) is 5.65 Å². The van der Waals surface area contributed by atoms with Crippen LogP contribution in [0.1, 0.15) is 10.8 Å².